The van der Waals surface area contributed by atoms with Crippen molar-refractivity contribution in [3.63, 3.8) is 0 Å². The summed E-state index contributed by atoms with van der Waals surface area (Å²) in [6.07, 6.45) is 0. The Morgan fingerprint density at radius 2 is 2.12 bits per heavy atom. The van der Waals surface area contributed by atoms with Crippen molar-refractivity contribution >= 4 is 17.6 Å². The van der Waals surface area contributed by atoms with Crippen LogP contribution in [0, 0.1) is 6.92 Å². The molecule has 16 heavy (non-hydrogen) atoms. The Morgan fingerprint density at radius 3 is 2.62 bits per heavy atom. The average molecular weight is 243 g/mol. The molecule has 0 bridgehead atoms. The highest BCUT2D eigenvalue weighted by atomic mass is 35.5. The third-order valence-corrected chi connectivity index (χ3v) is 2.46. The van der Waals surface area contributed by atoms with Crippen molar-refractivity contribution in [2.45, 2.75) is 19.7 Å². The van der Waals surface area contributed by atoms with Gasteiger partial charge in [-0.25, -0.2) is 4.79 Å². The normalized spacial score (nSPS) is 10.0. The number of esters is 1. The fourth-order valence-electron chi connectivity index (χ4n) is 1.53. The van der Waals surface area contributed by atoms with Gasteiger partial charge in [0.2, 0.25) is 0 Å². The van der Waals surface area contributed by atoms with Gasteiger partial charge in [-0.1, -0.05) is 6.07 Å². The third-order valence-electron chi connectivity index (χ3n) is 2.17. The van der Waals surface area contributed by atoms with E-state index in [-0.39, 0.29) is 5.88 Å². The first-order chi connectivity index (χ1) is 7.63. The zero-order valence-electron chi connectivity index (χ0n) is 9.67. The van der Waals surface area contributed by atoms with Crippen molar-refractivity contribution in [3.8, 4) is 5.75 Å². The molecule has 1 aromatic carbocycles. The topological polar surface area (TPSA) is 35.5 Å². The van der Waals surface area contributed by atoms with E-state index < -0.39 is 5.97 Å². The molecule has 3 nitrogen and oxygen atoms in total. The van der Waals surface area contributed by atoms with Crippen LogP contribution in [0.2, 0.25) is 0 Å². The highest BCUT2D eigenvalue weighted by Gasteiger charge is 2.18. The van der Waals surface area contributed by atoms with Crippen LogP contribution in [0.3, 0.4) is 0 Å². The first kappa shape index (κ1) is 12.8. The second-order valence-electron chi connectivity index (χ2n) is 3.36. The average Bonchev–Trinajstić information content (AvgIpc) is 2.27. The van der Waals surface area contributed by atoms with E-state index in [1.54, 1.807) is 13.0 Å². The predicted molar refractivity (Wildman–Crippen MR) is 63.2 cm³/mol. The van der Waals surface area contributed by atoms with E-state index in [4.69, 9.17) is 21.1 Å². The van der Waals surface area contributed by atoms with Crippen molar-refractivity contribution in [2.75, 3.05) is 13.7 Å². The second kappa shape index (κ2) is 5.75. The SMILES string of the molecule is CCOC(=O)c1c(CCl)cc(C)cc1OC. The molecule has 0 N–H and O–H groups in total. The summed E-state index contributed by atoms with van der Waals surface area (Å²) in [6.45, 7) is 4.02. The molecular weight excluding hydrogens is 228 g/mol. The molecule has 0 atom stereocenters. The molecule has 0 aliphatic heterocycles. The molecular formula is C12H15ClO3. The van der Waals surface area contributed by atoms with Gasteiger partial charge in [-0.05, 0) is 31.0 Å². The summed E-state index contributed by atoms with van der Waals surface area (Å²) in [5.74, 6) is 0.371. The summed E-state index contributed by atoms with van der Waals surface area (Å²) in [6, 6.07) is 3.66. The number of carbonyl (C=O) groups is 1. The Kier molecular flexibility index (Phi) is 4.62. The number of carbonyl (C=O) groups excluding carboxylic acids is 1. The van der Waals surface area contributed by atoms with E-state index in [0.29, 0.717) is 17.9 Å². The second-order valence-corrected chi connectivity index (χ2v) is 3.62. The lowest BCUT2D eigenvalue weighted by Gasteiger charge is -2.12. The van der Waals surface area contributed by atoms with Crippen LogP contribution >= 0.6 is 11.6 Å². The maximum atomic E-state index is 11.8. The molecule has 0 amide bonds. The summed E-state index contributed by atoms with van der Waals surface area (Å²) in [5, 5.41) is 0. The molecule has 0 aliphatic carbocycles. The Balaban J connectivity index is 3.27. The number of alkyl halides is 1. The first-order valence-electron chi connectivity index (χ1n) is 5.04. The standard InChI is InChI=1S/C12H15ClO3/c1-4-16-12(14)11-9(7-13)5-8(2)6-10(11)15-3/h5-6H,4,7H2,1-3H3. The lowest BCUT2D eigenvalue weighted by atomic mass is 10.0. The van der Waals surface area contributed by atoms with Gasteiger partial charge in [-0.2, -0.15) is 0 Å². The Morgan fingerprint density at radius 1 is 1.44 bits per heavy atom. The number of aryl methyl sites for hydroxylation is 1. The Hall–Kier alpha value is -1.22. The molecule has 0 aromatic heterocycles. The molecule has 4 heteroatoms. The van der Waals surface area contributed by atoms with Gasteiger partial charge >= 0.3 is 5.97 Å². The van der Waals surface area contributed by atoms with Crippen LogP contribution in [0.15, 0.2) is 12.1 Å². The number of hydrogen-bond donors (Lipinski definition) is 0. The van der Waals surface area contributed by atoms with E-state index in [1.807, 2.05) is 13.0 Å². The minimum atomic E-state index is -0.394. The highest BCUT2D eigenvalue weighted by molar-refractivity contribution is 6.17. The summed E-state index contributed by atoms with van der Waals surface area (Å²) < 4.78 is 10.2. The Labute approximate surface area is 100 Å². The number of hydrogen-bond acceptors (Lipinski definition) is 3. The minimum Gasteiger partial charge on any atom is -0.496 e. The molecule has 0 aliphatic rings. The molecule has 88 valence electrons. The fourth-order valence-corrected chi connectivity index (χ4v) is 1.74. The van der Waals surface area contributed by atoms with Crippen molar-refractivity contribution < 1.29 is 14.3 Å². The summed E-state index contributed by atoms with van der Waals surface area (Å²) >= 11 is 5.81. The summed E-state index contributed by atoms with van der Waals surface area (Å²) in [5.41, 5.74) is 2.16. The molecule has 1 rings (SSSR count). The molecule has 0 saturated heterocycles. The molecule has 1 aromatic rings. The largest absolute Gasteiger partial charge is 0.496 e. The number of rotatable bonds is 4. The van der Waals surface area contributed by atoms with Crippen molar-refractivity contribution in [2.24, 2.45) is 0 Å². The van der Waals surface area contributed by atoms with Crippen LogP contribution in [0.5, 0.6) is 5.75 Å². The van der Waals surface area contributed by atoms with Gasteiger partial charge in [0, 0.05) is 5.88 Å². The lowest BCUT2D eigenvalue weighted by molar-refractivity contribution is 0.0521. The highest BCUT2D eigenvalue weighted by Crippen LogP contribution is 2.26. The molecule has 0 radical (unpaired) electrons. The summed E-state index contributed by atoms with van der Waals surface area (Å²) in [4.78, 5) is 11.8. The monoisotopic (exact) mass is 242 g/mol. The number of benzene rings is 1. The van der Waals surface area contributed by atoms with Gasteiger partial charge in [-0.15, -0.1) is 11.6 Å². The van der Waals surface area contributed by atoms with Crippen molar-refractivity contribution in [1.29, 1.82) is 0 Å². The number of methoxy groups -OCH3 is 1. The van der Waals surface area contributed by atoms with E-state index in [9.17, 15) is 4.79 Å². The van der Waals surface area contributed by atoms with Gasteiger partial charge in [0.05, 0.1) is 13.7 Å². The van der Waals surface area contributed by atoms with Crippen LogP contribution in [0.25, 0.3) is 0 Å². The van der Waals surface area contributed by atoms with Gasteiger partial charge < -0.3 is 9.47 Å². The van der Waals surface area contributed by atoms with Crippen LogP contribution in [-0.4, -0.2) is 19.7 Å². The van der Waals surface area contributed by atoms with E-state index in [1.165, 1.54) is 7.11 Å². The van der Waals surface area contributed by atoms with Gasteiger partial charge in [0.1, 0.15) is 11.3 Å². The molecule has 0 saturated carbocycles. The summed E-state index contributed by atoms with van der Waals surface area (Å²) in [7, 11) is 1.52. The minimum absolute atomic E-state index is 0.256. The van der Waals surface area contributed by atoms with Crippen molar-refractivity contribution in [1.82, 2.24) is 0 Å². The zero-order valence-corrected chi connectivity index (χ0v) is 10.4. The number of halogens is 1. The molecule has 0 unspecified atom stereocenters. The quantitative estimate of drug-likeness (QED) is 0.602. The van der Waals surface area contributed by atoms with Gasteiger partial charge in [0.15, 0.2) is 0 Å². The first-order valence-corrected chi connectivity index (χ1v) is 5.58. The smallest absolute Gasteiger partial charge is 0.342 e. The number of ether oxygens (including phenoxy) is 2. The third kappa shape index (κ3) is 2.67. The van der Waals surface area contributed by atoms with E-state index in [2.05, 4.69) is 0 Å². The van der Waals surface area contributed by atoms with Crippen LogP contribution in [-0.2, 0) is 10.6 Å². The van der Waals surface area contributed by atoms with E-state index >= 15 is 0 Å². The van der Waals surface area contributed by atoms with Crippen LogP contribution < -0.4 is 4.74 Å². The van der Waals surface area contributed by atoms with Gasteiger partial charge in [-0.3, -0.25) is 0 Å². The molecule has 0 fully saturated rings. The predicted octanol–water partition coefficient (Wildman–Crippen LogP) is 2.92. The maximum Gasteiger partial charge on any atom is 0.342 e. The van der Waals surface area contributed by atoms with E-state index in [0.717, 1.165) is 11.1 Å². The van der Waals surface area contributed by atoms with Crippen molar-refractivity contribution in [3.05, 3.63) is 28.8 Å². The zero-order chi connectivity index (χ0) is 12.1. The lowest BCUT2D eigenvalue weighted by Crippen LogP contribution is -2.10. The molecule has 0 heterocycles. The van der Waals surface area contributed by atoms with Gasteiger partial charge in [0.25, 0.3) is 0 Å². The van der Waals surface area contributed by atoms with Crippen LogP contribution in [0.1, 0.15) is 28.4 Å². The van der Waals surface area contributed by atoms with Crippen LogP contribution in [0.4, 0.5) is 0 Å². The Bertz CT molecular complexity index is 363. The maximum absolute atomic E-state index is 11.8. The molecule has 0 spiro atoms. The fraction of sp³-hybridized carbons (Fsp3) is 0.417.